The van der Waals surface area contributed by atoms with Crippen molar-refractivity contribution in [2.45, 2.75) is 6.92 Å². The largest absolute Gasteiger partial charge is 0.479 e. The molecule has 0 spiro atoms. The molecule has 3 aromatic carbocycles. The van der Waals surface area contributed by atoms with Gasteiger partial charge in [0.1, 0.15) is 23.2 Å². The Labute approximate surface area is 149 Å². The summed E-state index contributed by atoms with van der Waals surface area (Å²) in [4.78, 5) is 0. The van der Waals surface area contributed by atoms with Gasteiger partial charge in [0.25, 0.3) is 0 Å². The molecule has 0 bridgehead atoms. The molecule has 0 fully saturated rings. The maximum Gasteiger partial charge on any atom is 0.314 e. The second-order valence-electron chi connectivity index (χ2n) is 5.63. The average molecular weight is 349 g/mol. The Balaban J connectivity index is 2.34. The lowest BCUT2D eigenvalue weighted by atomic mass is 10.4. The Kier molecular flexibility index (Phi) is 5.53. The summed E-state index contributed by atoms with van der Waals surface area (Å²) in [7, 11) is -2.18. The number of rotatable bonds is 6. The maximum absolute atomic E-state index is 10.4. The molecule has 0 aliphatic carbocycles. The zero-order valence-electron chi connectivity index (χ0n) is 14.2. The minimum absolute atomic E-state index is 0.0209. The van der Waals surface area contributed by atoms with Crippen molar-refractivity contribution in [2.75, 3.05) is 6.61 Å². The van der Waals surface area contributed by atoms with Crippen LogP contribution in [0.5, 0.6) is 0 Å². The Hall–Kier alpha value is -2.57. The lowest BCUT2D eigenvalue weighted by Gasteiger charge is -2.24. The number of hydrogen-bond donors (Lipinski definition) is 1. The molecule has 3 rings (SSSR count). The van der Waals surface area contributed by atoms with Crippen LogP contribution in [0.1, 0.15) is 6.92 Å². The molecule has 0 saturated heterocycles. The van der Waals surface area contributed by atoms with Crippen molar-refractivity contribution >= 4 is 23.2 Å². The quantitative estimate of drug-likeness (QED) is 0.529. The first-order chi connectivity index (χ1) is 12.3. The van der Waals surface area contributed by atoms with Crippen molar-refractivity contribution in [3.8, 4) is 0 Å². The molecule has 2 nitrogen and oxygen atoms in total. The first-order valence-corrected chi connectivity index (χ1v) is 10.2. The van der Waals surface area contributed by atoms with Crippen LogP contribution < -0.4 is 15.9 Å². The second kappa shape index (κ2) is 8.00. The fourth-order valence-corrected chi connectivity index (χ4v) is 6.69. The van der Waals surface area contributed by atoms with E-state index in [1.165, 1.54) is 15.9 Å². The molecule has 126 valence electrons. The van der Waals surface area contributed by atoms with Gasteiger partial charge in [0.15, 0.2) is 5.82 Å². The van der Waals surface area contributed by atoms with E-state index in [0.717, 1.165) is 0 Å². The van der Waals surface area contributed by atoms with Gasteiger partial charge >= 0.3 is 5.95 Å². The minimum atomic E-state index is -2.18. The van der Waals surface area contributed by atoms with E-state index in [0.29, 0.717) is 6.61 Å². The van der Waals surface area contributed by atoms with Crippen LogP contribution in [0, 0.1) is 0 Å². The summed E-state index contributed by atoms with van der Waals surface area (Å²) in [6.07, 6.45) is 0. The predicted octanol–water partition coefficient (Wildman–Crippen LogP) is 4.37. The highest BCUT2D eigenvalue weighted by atomic mass is 31.2. The molecular weight excluding hydrogens is 327 g/mol. The normalized spacial score (nSPS) is 12.0. The van der Waals surface area contributed by atoms with E-state index in [1.54, 1.807) is 0 Å². The predicted molar refractivity (Wildman–Crippen MR) is 107 cm³/mol. The number of benzene rings is 3. The van der Waals surface area contributed by atoms with Gasteiger partial charge in [0.2, 0.25) is 0 Å². The van der Waals surface area contributed by atoms with E-state index in [-0.39, 0.29) is 5.95 Å². The van der Waals surface area contributed by atoms with E-state index >= 15 is 0 Å². The second-order valence-corrected chi connectivity index (χ2v) is 8.88. The zero-order valence-corrected chi connectivity index (χ0v) is 15.1. The van der Waals surface area contributed by atoms with Crippen molar-refractivity contribution in [1.29, 1.82) is 0 Å². The molecule has 3 aromatic rings. The highest BCUT2D eigenvalue weighted by Gasteiger charge is 2.45. The van der Waals surface area contributed by atoms with E-state index in [4.69, 9.17) is 4.74 Å². The van der Waals surface area contributed by atoms with Crippen molar-refractivity contribution in [1.82, 2.24) is 0 Å². The lowest BCUT2D eigenvalue weighted by molar-refractivity contribution is 0.104. The first kappa shape index (κ1) is 17.3. The van der Waals surface area contributed by atoms with Gasteiger partial charge in [-0.1, -0.05) is 54.6 Å². The molecule has 25 heavy (non-hydrogen) atoms. The number of aliphatic hydroxyl groups excluding tert-OH is 1. The van der Waals surface area contributed by atoms with Crippen molar-refractivity contribution < 1.29 is 9.84 Å². The lowest BCUT2D eigenvalue weighted by Crippen LogP contribution is -2.30. The fourth-order valence-electron chi connectivity index (χ4n) is 3.01. The molecule has 0 aromatic heterocycles. The van der Waals surface area contributed by atoms with E-state index in [1.807, 2.05) is 67.3 Å². The van der Waals surface area contributed by atoms with Crippen molar-refractivity contribution in [3.05, 3.63) is 103 Å². The summed E-state index contributed by atoms with van der Waals surface area (Å²) >= 11 is 0. The third-order valence-electron chi connectivity index (χ3n) is 4.09. The van der Waals surface area contributed by atoms with Gasteiger partial charge in [-0.3, -0.25) is 0 Å². The van der Waals surface area contributed by atoms with Crippen LogP contribution >= 0.6 is 7.26 Å². The van der Waals surface area contributed by atoms with Gasteiger partial charge in [-0.15, -0.1) is 0 Å². The maximum atomic E-state index is 10.4. The minimum Gasteiger partial charge on any atom is -0.479 e. The van der Waals surface area contributed by atoms with Crippen LogP contribution in [-0.2, 0) is 4.74 Å². The number of hydrogen-bond acceptors (Lipinski definition) is 2. The number of ether oxygens (including phenoxy) is 1. The summed E-state index contributed by atoms with van der Waals surface area (Å²) < 4.78 is 5.41. The summed E-state index contributed by atoms with van der Waals surface area (Å²) in [5.74, 6) is 1.89. The molecule has 1 N–H and O–H groups in total. The monoisotopic (exact) mass is 349 g/mol. The smallest absolute Gasteiger partial charge is 0.314 e. The van der Waals surface area contributed by atoms with Gasteiger partial charge in [0, 0.05) is 0 Å². The molecular formula is C22H22O2P+. The Morgan fingerprint density at radius 1 is 0.760 bits per heavy atom. The van der Waals surface area contributed by atoms with E-state index in [2.05, 4.69) is 36.4 Å². The molecule has 0 saturated carbocycles. The third-order valence-corrected chi connectivity index (χ3v) is 8.03. The Morgan fingerprint density at radius 3 is 1.44 bits per heavy atom. The summed E-state index contributed by atoms with van der Waals surface area (Å²) in [6, 6.07) is 31.1. The Morgan fingerprint density at radius 2 is 1.12 bits per heavy atom. The molecule has 0 radical (unpaired) electrons. The number of aliphatic hydroxyl groups is 1. The molecule has 0 heterocycles. The standard InChI is InChI=1S/C22H21O2P/c1-2-24-22(23)18-25(19-12-6-3-7-13-19,20-14-8-4-9-15-20)21-16-10-5-11-17-21/h3-18H,2H2,1H3/p+1/b22-18+. The summed E-state index contributed by atoms with van der Waals surface area (Å²) in [6.45, 7) is 2.30. The topological polar surface area (TPSA) is 29.5 Å². The summed E-state index contributed by atoms with van der Waals surface area (Å²) in [5.41, 5.74) is 0. The molecule has 0 aliphatic heterocycles. The zero-order chi connectivity index (χ0) is 17.5. The van der Waals surface area contributed by atoms with Gasteiger partial charge in [-0.05, 0) is 43.3 Å². The third kappa shape index (κ3) is 3.60. The van der Waals surface area contributed by atoms with Crippen LogP contribution in [0.15, 0.2) is 103 Å². The van der Waals surface area contributed by atoms with Crippen molar-refractivity contribution in [3.63, 3.8) is 0 Å². The van der Waals surface area contributed by atoms with Crippen molar-refractivity contribution in [2.24, 2.45) is 0 Å². The van der Waals surface area contributed by atoms with Crippen LogP contribution in [0.4, 0.5) is 0 Å². The van der Waals surface area contributed by atoms with Crippen LogP contribution in [0.3, 0.4) is 0 Å². The van der Waals surface area contributed by atoms with Gasteiger partial charge < -0.3 is 9.84 Å². The summed E-state index contributed by atoms with van der Waals surface area (Å²) in [5, 5.41) is 14.0. The molecule has 3 heteroatoms. The molecule has 0 amide bonds. The Bertz CT molecular complexity index is 718. The van der Waals surface area contributed by atoms with Crippen LogP contribution in [0.25, 0.3) is 0 Å². The molecule has 0 aliphatic rings. The van der Waals surface area contributed by atoms with Gasteiger partial charge in [-0.25, -0.2) is 0 Å². The fraction of sp³-hybridized carbons (Fsp3) is 0.0909. The molecule has 0 unspecified atom stereocenters. The van der Waals surface area contributed by atoms with E-state index < -0.39 is 7.26 Å². The highest BCUT2D eigenvalue weighted by molar-refractivity contribution is 7.98. The van der Waals surface area contributed by atoms with E-state index in [9.17, 15) is 5.11 Å². The molecule has 0 atom stereocenters. The van der Waals surface area contributed by atoms with Gasteiger partial charge in [-0.2, -0.15) is 0 Å². The van der Waals surface area contributed by atoms with Crippen LogP contribution in [-0.4, -0.2) is 11.7 Å². The highest BCUT2D eigenvalue weighted by Crippen LogP contribution is 2.57. The SMILES string of the molecule is CCO/C(O)=C/[P+](c1ccccc1)(c1ccccc1)c1ccccc1. The average Bonchev–Trinajstić information content (AvgIpc) is 2.68. The van der Waals surface area contributed by atoms with Gasteiger partial charge in [0.05, 0.1) is 6.61 Å². The first-order valence-electron chi connectivity index (χ1n) is 8.37. The van der Waals surface area contributed by atoms with Crippen LogP contribution in [0.2, 0.25) is 0 Å².